The summed E-state index contributed by atoms with van der Waals surface area (Å²) in [5.74, 6) is -1.98. The van der Waals surface area contributed by atoms with Crippen molar-refractivity contribution < 1.29 is 27.7 Å². The number of hydrogen-bond donors (Lipinski definition) is 1. The van der Waals surface area contributed by atoms with E-state index in [1.807, 2.05) is 0 Å². The van der Waals surface area contributed by atoms with Crippen LogP contribution in [0.4, 0.5) is 24.5 Å². The summed E-state index contributed by atoms with van der Waals surface area (Å²) in [6, 6.07) is 6.62. The fraction of sp³-hybridized carbons (Fsp3) is 0.125. The quantitative estimate of drug-likeness (QED) is 0.249. The number of Topliss-reactive ketones (excluding diaryl/α,β-unsaturated/α-hetero) is 1. The molecule has 2 aromatic carbocycles. The molecule has 0 radical (unpaired) electrons. The van der Waals surface area contributed by atoms with Gasteiger partial charge in [0.25, 0.3) is 5.69 Å². The van der Waals surface area contributed by atoms with Crippen LogP contribution in [0, 0.1) is 10.1 Å². The molecule has 0 saturated carbocycles. The molecular formula is C16H9Cl2F3N2O4. The number of alkyl halides is 4. The number of rotatable bonds is 5. The van der Waals surface area contributed by atoms with E-state index in [-0.39, 0.29) is 22.0 Å². The van der Waals surface area contributed by atoms with Crippen LogP contribution in [0.2, 0.25) is 5.02 Å². The second kappa shape index (κ2) is 7.93. The molecule has 0 saturated heterocycles. The Hall–Kier alpha value is -2.65. The molecular weight excluding hydrogens is 412 g/mol. The summed E-state index contributed by atoms with van der Waals surface area (Å²) in [4.78, 5) is 34.2. The second-order valence-corrected chi connectivity index (χ2v) is 6.06. The van der Waals surface area contributed by atoms with Gasteiger partial charge < -0.3 is 5.32 Å². The minimum Gasteiger partial charge on any atom is -0.323 e. The zero-order valence-electron chi connectivity index (χ0n) is 13.1. The van der Waals surface area contributed by atoms with Gasteiger partial charge in [-0.1, -0.05) is 11.6 Å². The number of carbonyl (C=O) groups is 2. The molecule has 0 aliphatic heterocycles. The number of halogens is 5. The molecule has 0 aliphatic carbocycles. The van der Waals surface area contributed by atoms with Crippen molar-refractivity contribution in [2.75, 3.05) is 5.32 Å². The minimum atomic E-state index is -4.65. The molecule has 0 aromatic heterocycles. The molecule has 2 aromatic rings. The first-order chi connectivity index (χ1) is 12.5. The van der Waals surface area contributed by atoms with Gasteiger partial charge in [-0.05, 0) is 30.3 Å². The molecule has 11 heteroatoms. The average Bonchev–Trinajstić information content (AvgIpc) is 2.61. The topological polar surface area (TPSA) is 89.3 Å². The van der Waals surface area contributed by atoms with Crippen molar-refractivity contribution in [2.24, 2.45) is 0 Å². The van der Waals surface area contributed by atoms with Crippen LogP contribution < -0.4 is 5.32 Å². The lowest BCUT2D eigenvalue weighted by Gasteiger charge is -2.13. The van der Waals surface area contributed by atoms with Crippen LogP contribution in [-0.2, 0) is 11.0 Å². The maximum Gasteiger partial charge on any atom is 0.416 e. The normalized spacial score (nSPS) is 12.3. The lowest BCUT2D eigenvalue weighted by atomic mass is 10.1. The summed E-state index contributed by atoms with van der Waals surface area (Å²) in [6.07, 6.45) is -4.65. The highest BCUT2D eigenvalue weighted by atomic mass is 35.5. The number of amides is 1. The van der Waals surface area contributed by atoms with Crippen LogP contribution in [-0.4, -0.2) is 22.0 Å². The van der Waals surface area contributed by atoms with E-state index in [1.165, 1.54) is 0 Å². The van der Waals surface area contributed by atoms with Gasteiger partial charge in [-0.2, -0.15) is 13.2 Å². The molecule has 0 fully saturated rings. The number of carbonyl (C=O) groups excluding carboxylic acids is 2. The van der Waals surface area contributed by atoms with E-state index in [1.54, 1.807) is 0 Å². The molecule has 2 rings (SSSR count). The van der Waals surface area contributed by atoms with Crippen LogP contribution in [0.1, 0.15) is 15.9 Å². The van der Waals surface area contributed by atoms with Crippen LogP contribution in [0.5, 0.6) is 0 Å². The van der Waals surface area contributed by atoms with Gasteiger partial charge >= 0.3 is 6.18 Å². The molecule has 1 amide bonds. The number of nitro groups is 1. The summed E-state index contributed by atoms with van der Waals surface area (Å²) in [6.45, 7) is 0. The Kier molecular flexibility index (Phi) is 6.07. The lowest BCUT2D eigenvalue weighted by Crippen LogP contribution is -2.30. The van der Waals surface area contributed by atoms with Crippen molar-refractivity contribution in [2.45, 2.75) is 11.6 Å². The summed E-state index contributed by atoms with van der Waals surface area (Å²) < 4.78 is 38.3. The molecule has 0 spiro atoms. The number of nitro benzene ring substituents is 1. The Labute approximate surface area is 160 Å². The standard InChI is InChI=1S/C16H9Cl2F3N2O4/c17-11-6-3-9(16(19,20)21)7-12(11)22-15(25)13(18)14(24)8-1-4-10(5-2-8)23(26)27/h1-7,13H,(H,22,25)/t13-/m0/s1. The van der Waals surface area contributed by atoms with Crippen molar-refractivity contribution in [3.63, 3.8) is 0 Å². The van der Waals surface area contributed by atoms with Gasteiger partial charge in [-0.3, -0.25) is 19.7 Å². The first kappa shape index (κ1) is 20.7. The number of nitrogens with zero attached hydrogens (tertiary/aromatic N) is 1. The van der Waals surface area contributed by atoms with Crippen LogP contribution >= 0.6 is 23.2 Å². The highest BCUT2D eigenvalue weighted by Gasteiger charge is 2.32. The minimum absolute atomic E-state index is 0.0779. The third kappa shape index (κ3) is 4.95. The Bertz CT molecular complexity index is 902. The summed E-state index contributed by atoms with van der Waals surface area (Å²) >= 11 is 11.6. The SMILES string of the molecule is O=C(Nc1cc(C(F)(F)F)ccc1Cl)[C@@H](Cl)C(=O)c1ccc([N+](=O)[O-])cc1. The van der Waals surface area contributed by atoms with Crippen LogP contribution in [0.25, 0.3) is 0 Å². The van der Waals surface area contributed by atoms with Gasteiger partial charge in [0.05, 0.1) is 21.2 Å². The number of hydrogen-bond acceptors (Lipinski definition) is 4. The molecule has 27 heavy (non-hydrogen) atoms. The highest BCUT2D eigenvalue weighted by Crippen LogP contribution is 2.34. The van der Waals surface area contributed by atoms with E-state index in [9.17, 15) is 32.9 Å². The Balaban J connectivity index is 2.18. The zero-order valence-corrected chi connectivity index (χ0v) is 14.6. The molecule has 142 valence electrons. The summed E-state index contributed by atoms with van der Waals surface area (Å²) in [5.41, 5.74) is -1.75. The Morgan fingerprint density at radius 2 is 1.70 bits per heavy atom. The molecule has 1 atom stereocenters. The Morgan fingerprint density at radius 3 is 2.22 bits per heavy atom. The first-order valence-electron chi connectivity index (χ1n) is 7.11. The Morgan fingerprint density at radius 1 is 1.11 bits per heavy atom. The number of non-ortho nitro benzene ring substituents is 1. The smallest absolute Gasteiger partial charge is 0.323 e. The molecule has 0 bridgehead atoms. The van der Waals surface area contributed by atoms with Crippen LogP contribution in [0.3, 0.4) is 0 Å². The van der Waals surface area contributed by atoms with E-state index in [2.05, 4.69) is 5.32 Å². The van der Waals surface area contributed by atoms with E-state index in [0.29, 0.717) is 6.07 Å². The van der Waals surface area contributed by atoms with Crippen LogP contribution in [0.15, 0.2) is 42.5 Å². The van der Waals surface area contributed by atoms with E-state index < -0.39 is 33.7 Å². The average molecular weight is 421 g/mol. The monoisotopic (exact) mass is 420 g/mol. The van der Waals surface area contributed by atoms with Gasteiger partial charge in [0.15, 0.2) is 11.2 Å². The van der Waals surface area contributed by atoms with Gasteiger partial charge in [0, 0.05) is 17.7 Å². The van der Waals surface area contributed by atoms with Crippen molar-refractivity contribution in [3.05, 3.63) is 68.7 Å². The fourth-order valence-electron chi connectivity index (χ4n) is 2.01. The van der Waals surface area contributed by atoms with E-state index in [4.69, 9.17) is 23.2 Å². The number of anilines is 1. The highest BCUT2D eigenvalue weighted by molar-refractivity contribution is 6.45. The molecule has 0 unspecified atom stereocenters. The molecule has 6 nitrogen and oxygen atoms in total. The van der Waals surface area contributed by atoms with Gasteiger partial charge in [-0.15, -0.1) is 11.6 Å². The maximum absolute atomic E-state index is 12.8. The van der Waals surface area contributed by atoms with Crippen molar-refractivity contribution in [3.8, 4) is 0 Å². The van der Waals surface area contributed by atoms with E-state index >= 15 is 0 Å². The maximum atomic E-state index is 12.8. The predicted molar refractivity (Wildman–Crippen MR) is 92.2 cm³/mol. The van der Waals surface area contributed by atoms with E-state index in [0.717, 1.165) is 36.4 Å². The van der Waals surface area contributed by atoms with Crippen molar-refractivity contribution in [1.29, 1.82) is 0 Å². The summed E-state index contributed by atoms with van der Waals surface area (Å²) in [7, 11) is 0. The van der Waals surface area contributed by atoms with Crippen molar-refractivity contribution >= 4 is 46.3 Å². The van der Waals surface area contributed by atoms with Gasteiger partial charge in [0.1, 0.15) is 0 Å². The summed E-state index contributed by atoms with van der Waals surface area (Å²) in [5, 5.41) is 10.7. The van der Waals surface area contributed by atoms with Gasteiger partial charge in [-0.25, -0.2) is 0 Å². The molecule has 0 aliphatic rings. The third-order valence-corrected chi connectivity index (χ3v) is 4.10. The fourth-order valence-corrected chi connectivity index (χ4v) is 2.35. The number of benzene rings is 2. The van der Waals surface area contributed by atoms with Gasteiger partial charge in [0.2, 0.25) is 5.91 Å². The number of ketones is 1. The lowest BCUT2D eigenvalue weighted by molar-refractivity contribution is -0.384. The first-order valence-corrected chi connectivity index (χ1v) is 7.92. The number of nitrogens with one attached hydrogen (secondary N) is 1. The predicted octanol–water partition coefficient (Wildman–Crippen LogP) is 4.70. The van der Waals surface area contributed by atoms with Crippen molar-refractivity contribution in [1.82, 2.24) is 0 Å². The molecule has 0 heterocycles. The zero-order chi connectivity index (χ0) is 20.4. The second-order valence-electron chi connectivity index (χ2n) is 5.21. The third-order valence-electron chi connectivity index (χ3n) is 3.37. The molecule has 1 N–H and O–H groups in total. The largest absolute Gasteiger partial charge is 0.416 e.